The largest absolute Gasteiger partial charge is 0.378 e. The summed E-state index contributed by atoms with van der Waals surface area (Å²) in [4.78, 5) is 12.4. The van der Waals surface area contributed by atoms with Gasteiger partial charge in [0.1, 0.15) is 0 Å². The first-order valence-corrected chi connectivity index (χ1v) is 11.3. The van der Waals surface area contributed by atoms with Gasteiger partial charge in [-0.25, -0.2) is 5.43 Å². The summed E-state index contributed by atoms with van der Waals surface area (Å²) in [5.74, 6) is 0.536. The minimum absolute atomic E-state index is 0.229. The van der Waals surface area contributed by atoms with Crippen LogP contribution in [0.4, 0.5) is 5.69 Å². The molecule has 1 amide bonds. The normalized spacial score (nSPS) is 12.0. The highest BCUT2D eigenvalue weighted by Gasteiger charge is 2.19. The second-order valence-corrected chi connectivity index (χ2v) is 8.81. The monoisotopic (exact) mass is 468 g/mol. The van der Waals surface area contributed by atoms with Crippen LogP contribution in [-0.2, 0) is 17.9 Å². The molecule has 3 rings (SSSR count). The average molecular weight is 469 g/mol. The van der Waals surface area contributed by atoms with Crippen LogP contribution in [0.3, 0.4) is 0 Å². The number of carbonyl (C=O) groups excluding carboxylic acids is 1. The molecule has 2 aromatic carbocycles. The second kappa shape index (κ2) is 11.5. The third-order valence-corrected chi connectivity index (χ3v) is 5.85. The molecule has 0 aliphatic heterocycles. The fourth-order valence-electron chi connectivity index (χ4n) is 2.72. The van der Waals surface area contributed by atoms with E-state index in [2.05, 4.69) is 32.6 Å². The van der Waals surface area contributed by atoms with Crippen LogP contribution in [0, 0.1) is 6.92 Å². The molecule has 2 N–H and O–H groups in total. The molecule has 1 atom stereocenters. The van der Waals surface area contributed by atoms with Gasteiger partial charge in [-0.15, -0.1) is 16.8 Å². The molecule has 0 aliphatic rings. The van der Waals surface area contributed by atoms with E-state index in [4.69, 9.17) is 11.6 Å². The van der Waals surface area contributed by atoms with Crippen molar-refractivity contribution in [2.75, 3.05) is 5.32 Å². The van der Waals surface area contributed by atoms with Gasteiger partial charge in [0.25, 0.3) is 5.91 Å². The number of allylic oxidation sites excluding steroid dienone is 1. The number of benzene rings is 2. The number of nitrogens with one attached hydrogen (secondary N) is 2. The maximum atomic E-state index is 12.4. The van der Waals surface area contributed by atoms with Gasteiger partial charge in [0.2, 0.25) is 0 Å². The third-order valence-electron chi connectivity index (χ3n) is 4.52. The van der Waals surface area contributed by atoms with E-state index in [0.29, 0.717) is 23.3 Å². The van der Waals surface area contributed by atoms with E-state index in [1.165, 1.54) is 17.3 Å². The summed E-state index contributed by atoms with van der Waals surface area (Å²) in [6.07, 6.45) is 3.35. The third kappa shape index (κ3) is 6.70. The SMILES string of the molecule is C=CCn1c(CNc2ccc(C)cc2)nnc1S[C@H](C)C(=O)N/N=C\c1ccc(Cl)cc1. The maximum Gasteiger partial charge on any atom is 0.253 e. The van der Waals surface area contributed by atoms with Crippen LogP contribution in [-0.4, -0.2) is 32.1 Å². The summed E-state index contributed by atoms with van der Waals surface area (Å²) in [5, 5.41) is 16.8. The Bertz CT molecular complexity index is 1080. The lowest BCUT2D eigenvalue weighted by Gasteiger charge is -2.12. The fraction of sp³-hybridized carbons (Fsp3) is 0.217. The summed E-state index contributed by atoms with van der Waals surface area (Å²) in [7, 11) is 0. The minimum atomic E-state index is -0.414. The smallest absolute Gasteiger partial charge is 0.253 e. The number of amides is 1. The summed E-state index contributed by atoms with van der Waals surface area (Å²) in [6.45, 7) is 8.73. The summed E-state index contributed by atoms with van der Waals surface area (Å²) in [6, 6.07) is 15.3. The quantitative estimate of drug-likeness (QED) is 0.195. The standard InChI is InChI=1S/C23H25ClN6OS/c1-4-13-30-21(15-25-20-11-5-16(2)6-12-20)27-29-23(30)32-17(3)22(31)28-26-14-18-7-9-19(24)10-8-18/h4-12,14,17,25H,1,13,15H2,2-3H3,(H,28,31)/b26-14-/t17-/m1/s1. The van der Waals surface area contributed by atoms with Crippen LogP contribution >= 0.6 is 23.4 Å². The van der Waals surface area contributed by atoms with Crippen molar-refractivity contribution in [3.05, 3.63) is 83.2 Å². The second-order valence-electron chi connectivity index (χ2n) is 7.06. The molecular weight excluding hydrogens is 444 g/mol. The van der Waals surface area contributed by atoms with Crippen LogP contribution in [0.5, 0.6) is 0 Å². The molecule has 0 aliphatic carbocycles. The molecule has 0 bridgehead atoms. The highest BCUT2D eigenvalue weighted by Crippen LogP contribution is 2.23. The van der Waals surface area contributed by atoms with Gasteiger partial charge in [-0.1, -0.05) is 59.3 Å². The molecule has 0 radical (unpaired) electrons. The molecule has 32 heavy (non-hydrogen) atoms. The van der Waals surface area contributed by atoms with Crippen molar-refractivity contribution in [3.8, 4) is 0 Å². The molecule has 0 saturated heterocycles. The van der Waals surface area contributed by atoms with Gasteiger partial charge in [0.05, 0.1) is 18.0 Å². The number of hydrogen-bond acceptors (Lipinski definition) is 6. The number of rotatable bonds is 10. The van der Waals surface area contributed by atoms with Gasteiger partial charge < -0.3 is 9.88 Å². The van der Waals surface area contributed by atoms with Crippen molar-refractivity contribution in [2.45, 2.75) is 37.3 Å². The lowest BCUT2D eigenvalue weighted by molar-refractivity contribution is -0.120. The number of thioether (sulfide) groups is 1. The van der Waals surface area contributed by atoms with Gasteiger partial charge in [-0.05, 0) is 43.7 Å². The first-order valence-electron chi connectivity index (χ1n) is 10.0. The predicted molar refractivity (Wildman–Crippen MR) is 131 cm³/mol. The Morgan fingerprint density at radius 3 is 2.62 bits per heavy atom. The van der Waals surface area contributed by atoms with Crippen LogP contribution in [0.2, 0.25) is 5.02 Å². The van der Waals surface area contributed by atoms with E-state index in [0.717, 1.165) is 17.1 Å². The number of hydrogen-bond donors (Lipinski definition) is 2. The number of halogens is 1. The fourth-order valence-corrected chi connectivity index (χ4v) is 3.72. The molecule has 3 aromatic rings. The van der Waals surface area contributed by atoms with Crippen molar-refractivity contribution >= 4 is 41.2 Å². The first kappa shape index (κ1) is 23.6. The van der Waals surface area contributed by atoms with E-state index in [9.17, 15) is 4.79 Å². The van der Waals surface area contributed by atoms with Gasteiger partial charge in [-0.3, -0.25) is 4.79 Å². The molecule has 9 heteroatoms. The Balaban J connectivity index is 1.59. The van der Waals surface area contributed by atoms with Crippen molar-refractivity contribution in [1.82, 2.24) is 20.2 Å². The lowest BCUT2D eigenvalue weighted by atomic mass is 10.2. The molecule has 0 spiro atoms. The molecule has 0 fully saturated rings. The van der Waals surface area contributed by atoms with E-state index in [1.807, 2.05) is 47.9 Å². The van der Waals surface area contributed by atoms with Crippen molar-refractivity contribution in [2.24, 2.45) is 5.10 Å². The van der Waals surface area contributed by atoms with Crippen LogP contribution in [0.1, 0.15) is 23.9 Å². The molecule has 1 aromatic heterocycles. The minimum Gasteiger partial charge on any atom is -0.378 e. The van der Waals surface area contributed by atoms with E-state index >= 15 is 0 Å². The Labute approximate surface area is 197 Å². The van der Waals surface area contributed by atoms with Crippen molar-refractivity contribution in [1.29, 1.82) is 0 Å². The number of aromatic nitrogens is 3. The van der Waals surface area contributed by atoms with E-state index < -0.39 is 5.25 Å². The Morgan fingerprint density at radius 1 is 1.22 bits per heavy atom. The topological polar surface area (TPSA) is 84.2 Å². The average Bonchev–Trinajstić information content (AvgIpc) is 3.16. The van der Waals surface area contributed by atoms with Gasteiger partial charge in [0.15, 0.2) is 11.0 Å². The molecule has 0 saturated carbocycles. The zero-order chi connectivity index (χ0) is 22.9. The molecule has 166 valence electrons. The number of anilines is 1. The highest BCUT2D eigenvalue weighted by molar-refractivity contribution is 8.00. The lowest BCUT2D eigenvalue weighted by Crippen LogP contribution is -2.27. The Kier molecular flexibility index (Phi) is 8.47. The number of hydrazone groups is 1. The maximum absolute atomic E-state index is 12.4. The first-order chi connectivity index (χ1) is 15.5. The van der Waals surface area contributed by atoms with Crippen LogP contribution in [0.25, 0.3) is 0 Å². The van der Waals surface area contributed by atoms with E-state index in [-0.39, 0.29) is 5.91 Å². The predicted octanol–water partition coefficient (Wildman–Crippen LogP) is 4.67. The zero-order valence-electron chi connectivity index (χ0n) is 18.0. The molecule has 1 heterocycles. The summed E-state index contributed by atoms with van der Waals surface area (Å²) < 4.78 is 1.94. The molecule has 0 unspecified atom stereocenters. The molecule has 7 nitrogen and oxygen atoms in total. The van der Waals surface area contributed by atoms with Gasteiger partial charge >= 0.3 is 0 Å². The van der Waals surface area contributed by atoms with Crippen LogP contribution in [0.15, 0.2) is 71.4 Å². The van der Waals surface area contributed by atoms with Crippen molar-refractivity contribution < 1.29 is 4.79 Å². The Morgan fingerprint density at radius 2 is 1.94 bits per heavy atom. The zero-order valence-corrected chi connectivity index (χ0v) is 19.5. The number of aryl methyl sites for hydroxylation is 1. The summed E-state index contributed by atoms with van der Waals surface area (Å²) >= 11 is 7.19. The van der Waals surface area contributed by atoms with Crippen LogP contribution < -0.4 is 10.7 Å². The van der Waals surface area contributed by atoms with Gasteiger partial charge in [0, 0.05) is 17.3 Å². The van der Waals surface area contributed by atoms with Gasteiger partial charge in [-0.2, -0.15) is 5.10 Å². The molecular formula is C23H25ClN6OS. The number of carbonyl (C=O) groups is 1. The Hall–Kier alpha value is -3.10. The summed E-state index contributed by atoms with van der Waals surface area (Å²) in [5.41, 5.74) is 5.61. The van der Waals surface area contributed by atoms with E-state index in [1.54, 1.807) is 31.3 Å². The number of nitrogens with zero attached hydrogens (tertiary/aromatic N) is 4. The van der Waals surface area contributed by atoms with Crippen molar-refractivity contribution in [3.63, 3.8) is 0 Å². The highest BCUT2D eigenvalue weighted by atomic mass is 35.5.